The van der Waals surface area contributed by atoms with Gasteiger partial charge >= 0.3 is 0 Å². The van der Waals surface area contributed by atoms with E-state index in [-0.39, 0.29) is 12.5 Å². The predicted molar refractivity (Wildman–Crippen MR) is 69.3 cm³/mol. The molecule has 0 aliphatic heterocycles. The van der Waals surface area contributed by atoms with Crippen molar-refractivity contribution in [2.24, 2.45) is 0 Å². The van der Waals surface area contributed by atoms with Crippen LogP contribution in [0.15, 0.2) is 42.6 Å². The average molecular weight is 242 g/mol. The lowest BCUT2D eigenvalue weighted by atomic mass is 10.1. The van der Waals surface area contributed by atoms with Crippen LogP contribution in [0, 0.1) is 0 Å². The standard InChI is InChI=1S/C14H14N2O2/c1-15-14(18)9-16-8-11(10-17)7-13(16)12-5-3-2-4-6-12/h2-8,10H,9H2,1H3,(H,15,18). The van der Waals surface area contributed by atoms with E-state index in [2.05, 4.69) is 5.32 Å². The Labute approximate surface area is 105 Å². The van der Waals surface area contributed by atoms with Crippen molar-refractivity contribution in [2.45, 2.75) is 6.54 Å². The number of benzene rings is 1. The third kappa shape index (κ3) is 2.48. The molecule has 0 aliphatic carbocycles. The zero-order chi connectivity index (χ0) is 13.0. The molecule has 0 unspecified atom stereocenters. The summed E-state index contributed by atoms with van der Waals surface area (Å²) in [4.78, 5) is 22.3. The fraction of sp³-hybridized carbons (Fsp3) is 0.143. The Morgan fingerprint density at radius 3 is 2.67 bits per heavy atom. The quantitative estimate of drug-likeness (QED) is 0.830. The van der Waals surface area contributed by atoms with Gasteiger partial charge in [-0.1, -0.05) is 30.3 Å². The number of aldehydes is 1. The van der Waals surface area contributed by atoms with Gasteiger partial charge in [-0.25, -0.2) is 0 Å². The Balaban J connectivity index is 2.42. The van der Waals surface area contributed by atoms with E-state index in [0.29, 0.717) is 5.56 Å². The highest BCUT2D eigenvalue weighted by molar-refractivity contribution is 5.81. The smallest absolute Gasteiger partial charge is 0.239 e. The van der Waals surface area contributed by atoms with Gasteiger partial charge in [-0.3, -0.25) is 9.59 Å². The molecule has 1 aromatic heterocycles. The molecule has 2 rings (SSSR count). The Hall–Kier alpha value is -2.36. The van der Waals surface area contributed by atoms with Crippen LogP contribution in [0.2, 0.25) is 0 Å². The largest absolute Gasteiger partial charge is 0.358 e. The van der Waals surface area contributed by atoms with E-state index in [1.807, 2.05) is 30.3 Å². The molecule has 4 heteroatoms. The zero-order valence-electron chi connectivity index (χ0n) is 10.1. The number of hydrogen-bond acceptors (Lipinski definition) is 2. The second kappa shape index (κ2) is 5.31. The van der Waals surface area contributed by atoms with Crippen LogP contribution >= 0.6 is 0 Å². The van der Waals surface area contributed by atoms with Crippen molar-refractivity contribution in [3.63, 3.8) is 0 Å². The van der Waals surface area contributed by atoms with Gasteiger partial charge in [0.25, 0.3) is 0 Å². The highest BCUT2D eigenvalue weighted by Crippen LogP contribution is 2.21. The van der Waals surface area contributed by atoms with Crippen molar-refractivity contribution in [3.8, 4) is 11.3 Å². The minimum atomic E-state index is -0.0970. The van der Waals surface area contributed by atoms with Crippen LogP contribution in [0.5, 0.6) is 0 Å². The summed E-state index contributed by atoms with van der Waals surface area (Å²) >= 11 is 0. The number of amides is 1. The lowest BCUT2D eigenvalue weighted by Crippen LogP contribution is -2.23. The summed E-state index contributed by atoms with van der Waals surface area (Å²) < 4.78 is 1.78. The summed E-state index contributed by atoms with van der Waals surface area (Å²) in [6.45, 7) is 0.203. The summed E-state index contributed by atoms with van der Waals surface area (Å²) in [6.07, 6.45) is 2.47. The third-order valence-corrected chi connectivity index (χ3v) is 2.72. The highest BCUT2D eigenvalue weighted by Gasteiger charge is 2.09. The number of carbonyl (C=O) groups is 2. The zero-order valence-corrected chi connectivity index (χ0v) is 10.1. The van der Waals surface area contributed by atoms with Gasteiger partial charge in [0.2, 0.25) is 5.91 Å². The number of nitrogens with one attached hydrogen (secondary N) is 1. The van der Waals surface area contributed by atoms with Crippen molar-refractivity contribution in [3.05, 3.63) is 48.2 Å². The van der Waals surface area contributed by atoms with Gasteiger partial charge in [0.15, 0.2) is 6.29 Å². The molecule has 0 bridgehead atoms. The molecule has 0 radical (unpaired) electrons. The summed E-state index contributed by atoms with van der Waals surface area (Å²) in [6, 6.07) is 11.5. The van der Waals surface area contributed by atoms with Gasteiger partial charge in [-0.2, -0.15) is 0 Å². The molecule has 2 aromatic rings. The minimum Gasteiger partial charge on any atom is -0.358 e. The Kier molecular flexibility index (Phi) is 3.57. The van der Waals surface area contributed by atoms with Crippen LogP contribution in [0.25, 0.3) is 11.3 Å². The summed E-state index contributed by atoms with van der Waals surface area (Å²) in [5.41, 5.74) is 2.41. The van der Waals surface area contributed by atoms with E-state index < -0.39 is 0 Å². The van der Waals surface area contributed by atoms with Crippen molar-refractivity contribution >= 4 is 12.2 Å². The molecular weight excluding hydrogens is 228 g/mol. The van der Waals surface area contributed by atoms with Crippen molar-refractivity contribution < 1.29 is 9.59 Å². The van der Waals surface area contributed by atoms with Gasteiger partial charge in [0, 0.05) is 24.5 Å². The Morgan fingerprint density at radius 1 is 1.33 bits per heavy atom. The first-order chi connectivity index (χ1) is 8.74. The first-order valence-corrected chi connectivity index (χ1v) is 5.66. The molecule has 1 heterocycles. The van der Waals surface area contributed by atoms with Crippen LogP contribution in [-0.2, 0) is 11.3 Å². The van der Waals surface area contributed by atoms with Crippen LogP contribution in [0.1, 0.15) is 10.4 Å². The topological polar surface area (TPSA) is 51.1 Å². The fourth-order valence-corrected chi connectivity index (χ4v) is 1.81. The molecule has 0 saturated heterocycles. The molecule has 0 saturated carbocycles. The molecule has 0 atom stereocenters. The first kappa shape index (κ1) is 12.1. The average Bonchev–Trinajstić information content (AvgIpc) is 2.82. The Morgan fingerprint density at radius 2 is 2.06 bits per heavy atom. The van der Waals surface area contributed by atoms with E-state index >= 15 is 0 Å². The van der Waals surface area contributed by atoms with E-state index in [4.69, 9.17) is 0 Å². The van der Waals surface area contributed by atoms with Crippen molar-refractivity contribution in [2.75, 3.05) is 7.05 Å². The predicted octanol–water partition coefficient (Wildman–Crippen LogP) is 1.71. The molecule has 1 aromatic carbocycles. The maximum absolute atomic E-state index is 11.4. The SMILES string of the molecule is CNC(=O)Cn1cc(C=O)cc1-c1ccccc1. The van der Waals surface area contributed by atoms with Crippen LogP contribution in [0.3, 0.4) is 0 Å². The molecule has 1 N–H and O–H groups in total. The third-order valence-electron chi connectivity index (χ3n) is 2.72. The second-order valence-corrected chi connectivity index (χ2v) is 3.94. The van der Waals surface area contributed by atoms with Crippen molar-refractivity contribution in [1.29, 1.82) is 0 Å². The monoisotopic (exact) mass is 242 g/mol. The summed E-state index contributed by atoms with van der Waals surface area (Å²) in [5.74, 6) is -0.0970. The van der Waals surface area contributed by atoms with E-state index in [1.54, 1.807) is 23.9 Å². The first-order valence-electron chi connectivity index (χ1n) is 5.66. The minimum absolute atomic E-state index is 0.0970. The van der Waals surface area contributed by atoms with Gasteiger partial charge in [0.05, 0.1) is 0 Å². The van der Waals surface area contributed by atoms with Crippen LogP contribution in [0.4, 0.5) is 0 Å². The lowest BCUT2D eigenvalue weighted by molar-refractivity contribution is -0.121. The highest BCUT2D eigenvalue weighted by atomic mass is 16.1. The number of nitrogens with zero attached hydrogens (tertiary/aromatic N) is 1. The number of hydrogen-bond donors (Lipinski definition) is 1. The lowest BCUT2D eigenvalue weighted by Gasteiger charge is -2.08. The maximum atomic E-state index is 11.4. The molecule has 0 spiro atoms. The molecule has 1 amide bonds. The normalized spacial score (nSPS) is 10.1. The van der Waals surface area contributed by atoms with Gasteiger partial charge < -0.3 is 9.88 Å². The number of carbonyl (C=O) groups excluding carboxylic acids is 2. The molecule has 18 heavy (non-hydrogen) atoms. The number of aromatic nitrogens is 1. The van der Waals surface area contributed by atoms with Crippen LogP contribution < -0.4 is 5.32 Å². The van der Waals surface area contributed by atoms with E-state index in [9.17, 15) is 9.59 Å². The number of rotatable bonds is 4. The fourth-order valence-electron chi connectivity index (χ4n) is 1.81. The second-order valence-electron chi connectivity index (χ2n) is 3.94. The van der Waals surface area contributed by atoms with Crippen LogP contribution in [-0.4, -0.2) is 23.8 Å². The van der Waals surface area contributed by atoms with E-state index in [1.165, 1.54) is 0 Å². The van der Waals surface area contributed by atoms with Gasteiger partial charge in [0.1, 0.15) is 6.54 Å². The maximum Gasteiger partial charge on any atom is 0.239 e. The van der Waals surface area contributed by atoms with E-state index in [0.717, 1.165) is 17.5 Å². The Bertz CT molecular complexity index is 558. The molecule has 4 nitrogen and oxygen atoms in total. The molecular formula is C14H14N2O2. The molecule has 0 aliphatic rings. The summed E-state index contributed by atoms with van der Waals surface area (Å²) in [7, 11) is 1.59. The molecule has 92 valence electrons. The van der Waals surface area contributed by atoms with Gasteiger partial charge in [-0.15, -0.1) is 0 Å². The summed E-state index contributed by atoms with van der Waals surface area (Å²) in [5, 5.41) is 2.57. The van der Waals surface area contributed by atoms with Crippen molar-refractivity contribution in [1.82, 2.24) is 9.88 Å². The number of likely N-dealkylation sites (N-methyl/N-ethyl adjacent to an activating group) is 1. The van der Waals surface area contributed by atoms with Gasteiger partial charge in [-0.05, 0) is 11.6 Å². The molecule has 0 fully saturated rings.